The van der Waals surface area contributed by atoms with Crippen LogP contribution in [0.3, 0.4) is 0 Å². The minimum absolute atomic E-state index is 0. The van der Waals surface area contributed by atoms with E-state index < -0.39 is 6.04 Å². The Kier molecular flexibility index (Phi) is 8.04. The number of rotatable bonds is 7. The van der Waals surface area contributed by atoms with Crippen molar-refractivity contribution in [2.45, 2.75) is 38.3 Å². The highest BCUT2D eigenvalue weighted by Gasteiger charge is 2.31. The summed E-state index contributed by atoms with van der Waals surface area (Å²) in [6.45, 7) is 3.18. The number of nitrogens with two attached hydrogens (primary N) is 1. The third kappa shape index (κ3) is 5.51. The van der Waals surface area contributed by atoms with Crippen molar-refractivity contribution in [3.8, 4) is 28.8 Å². The molecule has 4 rings (SSSR count). The lowest BCUT2D eigenvalue weighted by atomic mass is 10.0. The maximum atomic E-state index is 12.6. The molecule has 33 heavy (non-hydrogen) atoms. The van der Waals surface area contributed by atoms with Gasteiger partial charge in [0.25, 0.3) is 0 Å². The van der Waals surface area contributed by atoms with Gasteiger partial charge in [-0.25, -0.2) is 4.68 Å². The average molecular weight is 467 g/mol. The van der Waals surface area contributed by atoms with Crippen molar-refractivity contribution in [2.24, 2.45) is 5.73 Å². The van der Waals surface area contributed by atoms with Crippen molar-refractivity contribution < 1.29 is 9.53 Å². The van der Waals surface area contributed by atoms with E-state index in [0.29, 0.717) is 19.6 Å². The lowest BCUT2D eigenvalue weighted by molar-refractivity contribution is -0.132. The summed E-state index contributed by atoms with van der Waals surface area (Å²) in [5.74, 6) is 0.665. The molecule has 0 saturated carbocycles. The summed E-state index contributed by atoms with van der Waals surface area (Å²) in [4.78, 5) is 14.2. The Balaban J connectivity index is 0.00000306. The Labute approximate surface area is 199 Å². The minimum Gasteiger partial charge on any atom is -0.494 e. The van der Waals surface area contributed by atoms with Gasteiger partial charge in [-0.15, -0.1) is 17.5 Å². The molecule has 1 aliphatic heterocycles. The Morgan fingerprint density at radius 2 is 1.97 bits per heavy atom. The molecule has 172 valence electrons. The van der Waals surface area contributed by atoms with Crippen LogP contribution in [0.25, 0.3) is 16.9 Å². The van der Waals surface area contributed by atoms with Crippen LogP contribution in [-0.4, -0.2) is 51.0 Å². The second kappa shape index (κ2) is 10.9. The van der Waals surface area contributed by atoms with E-state index in [9.17, 15) is 10.1 Å². The Hall–Kier alpha value is -3.41. The van der Waals surface area contributed by atoms with Crippen molar-refractivity contribution in [1.82, 2.24) is 19.9 Å². The van der Waals surface area contributed by atoms with E-state index in [-0.39, 0.29) is 24.4 Å². The molecule has 0 unspecified atom stereocenters. The first kappa shape index (κ1) is 24.2. The maximum Gasteiger partial charge on any atom is 0.240 e. The number of hydrogen-bond acceptors (Lipinski definition) is 6. The number of nitriles is 1. The van der Waals surface area contributed by atoms with Gasteiger partial charge in [-0.3, -0.25) is 4.79 Å². The summed E-state index contributed by atoms with van der Waals surface area (Å²) in [7, 11) is 0. The predicted octanol–water partition coefficient (Wildman–Crippen LogP) is 3.14. The van der Waals surface area contributed by atoms with Crippen LogP contribution < -0.4 is 10.5 Å². The Morgan fingerprint density at radius 1 is 1.24 bits per heavy atom. The molecule has 1 aliphatic rings. The third-order valence-electron chi connectivity index (χ3n) is 5.61. The van der Waals surface area contributed by atoms with Crippen molar-refractivity contribution in [3.63, 3.8) is 0 Å². The molecule has 0 bridgehead atoms. The van der Waals surface area contributed by atoms with Gasteiger partial charge in [0.05, 0.1) is 30.6 Å². The molecule has 0 spiro atoms. The molecular weight excluding hydrogens is 440 g/mol. The van der Waals surface area contributed by atoms with Gasteiger partial charge in [0.15, 0.2) is 0 Å². The molecule has 2 N–H and O–H groups in total. The molecular formula is C24H27ClN6O2. The molecule has 0 aliphatic carbocycles. The van der Waals surface area contributed by atoms with Gasteiger partial charge >= 0.3 is 0 Å². The molecule has 2 atom stereocenters. The highest BCUT2D eigenvalue weighted by Crippen LogP contribution is 2.22. The van der Waals surface area contributed by atoms with E-state index >= 15 is 0 Å². The van der Waals surface area contributed by atoms with E-state index in [2.05, 4.69) is 16.4 Å². The Morgan fingerprint density at radius 3 is 2.64 bits per heavy atom. The van der Waals surface area contributed by atoms with Gasteiger partial charge in [0.2, 0.25) is 5.91 Å². The molecule has 1 saturated heterocycles. The molecule has 2 aromatic carbocycles. The van der Waals surface area contributed by atoms with Crippen molar-refractivity contribution >= 4 is 18.3 Å². The van der Waals surface area contributed by atoms with E-state index in [1.807, 2.05) is 61.7 Å². The summed E-state index contributed by atoms with van der Waals surface area (Å²) >= 11 is 0. The summed E-state index contributed by atoms with van der Waals surface area (Å²) in [6, 6.07) is 16.6. The standard InChI is InChI=1S/C24H26N6O2.ClH/c1-2-32-21-11-7-18(8-12-21)23-16-30(28-27-23)19-9-5-17(6-10-19)14-22(26)24(31)29-13-3-4-20(29)15-25;/h5-12,16,20,22H,2-4,13-14,26H2,1H3;1H/t20-,22-;/m0./s1. The molecule has 0 radical (unpaired) electrons. The number of benzene rings is 2. The zero-order valence-corrected chi connectivity index (χ0v) is 19.2. The molecule has 8 nitrogen and oxygen atoms in total. The predicted molar refractivity (Wildman–Crippen MR) is 127 cm³/mol. The first-order valence-electron chi connectivity index (χ1n) is 10.8. The normalized spacial score (nSPS) is 16.0. The zero-order chi connectivity index (χ0) is 22.5. The van der Waals surface area contributed by atoms with Gasteiger partial charge in [0, 0.05) is 12.1 Å². The van der Waals surface area contributed by atoms with Crippen LogP contribution >= 0.6 is 12.4 Å². The fourth-order valence-electron chi connectivity index (χ4n) is 3.91. The van der Waals surface area contributed by atoms with Crippen LogP contribution in [-0.2, 0) is 11.2 Å². The number of carbonyl (C=O) groups is 1. The van der Waals surface area contributed by atoms with Gasteiger partial charge in [0.1, 0.15) is 17.5 Å². The fraction of sp³-hybridized carbons (Fsp3) is 0.333. The summed E-state index contributed by atoms with van der Waals surface area (Å²) in [6.07, 6.45) is 3.86. The van der Waals surface area contributed by atoms with Crippen LogP contribution in [0.5, 0.6) is 5.75 Å². The van der Waals surface area contributed by atoms with Crippen molar-refractivity contribution in [2.75, 3.05) is 13.2 Å². The number of nitrogens with zero attached hydrogens (tertiary/aromatic N) is 5. The molecule has 3 aromatic rings. The maximum absolute atomic E-state index is 12.6. The number of carbonyl (C=O) groups excluding carboxylic acids is 1. The van der Waals surface area contributed by atoms with Gasteiger partial charge in [-0.1, -0.05) is 17.3 Å². The minimum atomic E-state index is -0.660. The second-order valence-corrected chi connectivity index (χ2v) is 7.80. The largest absolute Gasteiger partial charge is 0.494 e. The van der Waals surface area contributed by atoms with Crippen molar-refractivity contribution in [1.29, 1.82) is 5.26 Å². The van der Waals surface area contributed by atoms with Crippen LogP contribution in [0.15, 0.2) is 54.7 Å². The van der Waals surface area contributed by atoms with Crippen LogP contribution in [0, 0.1) is 11.3 Å². The van der Waals surface area contributed by atoms with Gasteiger partial charge in [-0.05, 0) is 68.1 Å². The highest BCUT2D eigenvalue weighted by molar-refractivity contribution is 5.85. The number of amides is 1. The van der Waals surface area contributed by atoms with Crippen LogP contribution in [0.4, 0.5) is 0 Å². The molecule has 1 fully saturated rings. The number of ether oxygens (including phenoxy) is 1. The zero-order valence-electron chi connectivity index (χ0n) is 18.4. The number of hydrogen-bond donors (Lipinski definition) is 1. The third-order valence-corrected chi connectivity index (χ3v) is 5.61. The highest BCUT2D eigenvalue weighted by atomic mass is 35.5. The first-order chi connectivity index (χ1) is 15.6. The van der Waals surface area contributed by atoms with Crippen LogP contribution in [0.2, 0.25) is 0 Å². The van der Waals surface area contributed by atoms with E-state index in [1.54, 1.807) is 9.58 Å². The number of likely N-dealkylation sites (tertiary alicyclic amines) is 1. The van der Waals surface area contributed by atoms with Gasteiger partial charge < -0.3 is 15.4 Å². The average Bonchev–Trinajstić information content (AvgIpc) is 3.50. The molecule has 1 aromatic heterocycles. The number of aromatic nitrogens is 3. The Bertz CT molecular complexity index is 1110. The molecule has 1 amide bonds. The fourth-order valence-corrected chi connectivity index (χ4v) is 3.91. The lowest BCUT2D eigenvalue weighted by Gasteiger charge is -2.23. The second-order valence-electron chi connectivity index (χ2n) is 7.80. The number of halogens is 1. The van der Waals surface area contributed by atoms with Gasteiger partial charge in [-0.2, -0.15) is 5.26 Å². The molecule has 9 heteroatoms. The van der Waals surface area contributed by atoms with E-state index in [0.717, 1.165) is 41.1 Å². The SMILES string of the molecule is CCOc1ccc(-c2cn(-c3ccc(C[C@H](N)C(=O)N4CCC[C@H]4C#N)cc3)nn2)cc1.Cl. The van der Waals surface area contributed by atoms with Crippen molar-refractivity contribution in [3.05, 3.63) is 60.3 Å². The van der Waals surface area contributed by atoms with E-state index in [1.165, 1.54) is 0 Å². The smallest absolute Gasteiger partial charge is 0.240 e. The quantitative estimate of drug-likeness (QED) is 0.572. The first-order valence-corrected chi connectivity index (χ1v) is 10.8. The molecule has 2 heterocycles. The topological polar surface area (TPSA) is 110 Å². The summed E-state index contributed by atoms with van der Waals surface area (Å²) < 4.78 is 7.19. The van der Waals surface area contributed by atoms with Crippen LogP contribution in [0.1, 0.15) is 25.3 Å². The van der Waals surface area contributed by atoms with E-state index in [4.69, 9.17) is 10.5 Å². The summed E-state index contributed by atoms with van der Waals surface area (Å²) in [5, 5.41) is 17.7. The monoisotopic (exact) mass is 466 g/mol. The summed E-state index contributed by atoms with van der Waals surface area (Å²) in [5.41, 5.74) is 9.69. The lowest BCUT2D eigenvalue weighted by Crippen LogP contribution is -2.46.